The second-order valence-corrected chi connectivity index (χ2v) is 39.2. The average molecular weight is 1880 g/mol. The summed E-state index contributed by atoms with van der Waals surface area (Å²) in [5.74, 6) is 0. The Labute approximate surface area is 850 Å². The molecule has 29 aromatic rings. The first-order valence-electron chi connectivity index (χ1n) is 50.6. The highest BCUT2D eigenvalue weighted by Crippen LogP contribution is 2.54. The Morgan fingerprint density at radius 3 is 0.980 bits per heavy atom. The molecule has 6 nitrogen and oxygen atoms in total. The molecule has 1 aliphatic rings. The van der Waals surface area contributed by atoms with Gasteiger partial charge in [-0.15, -0.1) is 0 Å². The van der Waals surface area contributed by atoms with Gasteiger partial charge in [0.1, 0.15) is 22.3 Å². The van der Waals surface area contributed by atoms with Gasteiger partial charge in [0, 0.05) is 94.4 Å². The molecule has 1 aliphatic carbocycles. The highest BCUT2D eigenvalue weighted by Gasteiger charge is 2.37. The molecule has 147 heavy (non-hydrogen) atoms. The summed E-state index contributed by atoms with van der Waals surface area (Å²) in [6, 6.07) is 194. The van der Waals surface area contributed by atoms with Gasteiger partial charge in [0.05, 0.1) is 22.4 Å². The minimum absolute atomic E-state index is 0.0982. The van der Waals surface area contributed by atoms with Gasteiger partial charge in [0.15, 0.2) is 0 Å². The van der Waals surface area contributed by atoms with Gasteiger partial charge in [-0.1, -0.05) is 402 Å². The minimum Gasteiger partial charge on any atom is -0.456 e. The SMILES string of the molecule is CC1(C)c2ccccc2-c2ccc(N(c3ccc4ccc5c6ccccc6ccc5c4c3)c3ccc4oc5ccccc5c4c3)cc21.c1ccc(-c2ccccc2-c2ccccc2N(c2ccc3ccc4c5ccccc5ccc4c3c2)c2ccc3oc4ccccc4c3c2)cc1.c1ccc(-c2ccccc2N(c2ccc3ccc4c5ccccc5ccc4c3c2)c2ccc3c(c2)c2ccccc2n3-c2ccccc2)cc1. The molecule has 0 aliphatic heterocycles. The van der Waals surface area contributed by atoms with Crippen molar-refractivity contribution in [3.63, 3.8) is 0 Å². The lowest BCUT2D eigenvalue weighted by Crippen LogP contribution is -2.16. The van der Waals surface area contributed by atoms with E-state index in [0.717, 1.165) is 106 Å². The van der Waals surface area contributed by atoms with Crippen molar-refractivity contribution in [3.05, 3.63) is 545 Å². The van der Waals surface area contributed by atoms with E-state index in [1.807, 2.05) is 24.3 Å². The first kappa shape index (κ1) is 85.8. The predicted octanol–water partition coefficient (Wildman–Crippen LogP) is 40.1. The number of nitrogens with zero attached hydrogens (tertiary/aromatic N) is 4. The number of hydrogen-bond donors (Lipinski definition) is 0. The average Bonchev–Trinajstić information content (AvgIpc) is 1.62. The van der Waals surface area contributed by atoms with Crippen molar-refractivity contribution in [2.45, 2.75) is 19.3 Å². The summed E-state index contributed by atoms with van der Waals surface area (Å²) in [6.45, 7) is 4.70. The first-order valence-corrected chi connectivity index (χ1v) is 50.6. The van der Waals surface area contributed by atoms with Crippen LogP contribution in [0.5, 0.6) is 0 Å². The van der Waals surface area contributed by atoms with E-state index in [4.69, 9.17) is 8.83 Å². The van der Waals surface area contributed by atoms with Crippen molar-refractivity contribution in [3.8, 4) is 50.2 Å². The zero-order valence-corrected chi connectivity index (χ0v) is 80.9. The first-order chi connectivity index (χ1) is 72.7. The van der Waals surface area contributed by atoms with E-state index >= 15 is 0 Å². The van der Waals surface area contributed by atoms with Gasteiger partial charge in [-0.25, -0.2) is 0 Å². The largest absolute Gasteiger partial charge is 0.456 e. The summed E-state index contributed by atoms with van der Waals surface area (Å²) >= 11 is 0. The van der Waals surface area contributed by atoms with Crippen molar-refractivity contribution < 1.29 is 8.83 Å². The molecule has 6 heteroatoms. The molecular formula is C141H94N4O2. The smallest absolute Gasteiger partial charge is 0.135 e. The second kappa shape index (κ2) is 35.2. The molecule has 0 N–H and O–H groups in total. The highest BCUT2D eigenvalue weighted by atomic mass is 16.3. The predicted molar refractivity (Wildman–Crippen MR) is 624 cm³/mol. The van der Waals surface area contributed by atoms with Crippen molar-refractivity contribution in [1.82, 2.24) is 4.57 Å². The molecule has 0 saturated carbocycles. The molecule has 0 unspecified atom stereocenters. The van der Waals surface area contributed by atoms with Gasteiger partial charge in [-0.3, -0.25) is 0 Å². The van der Waals surface area contributed by atoms with Crippen LogP contribution in [0.3, 0.4) is 0 Å². The summed E-state index contributed by atoms with van der Waals surface area (Å²) in [7, 11) is 0. The molecule has 0 amide bonds. The van der Waals surface area contributed by atoms with E-state index in [1.165, 1.54) is 169 Å². The maximum absolute atomic E-state index is 6.28. The standard InChI is InChI=1S/C48H32N2.C48H31NO.C45H31NO/c1-3-13-33(14-4-1)40-19-9-11-21-46(40)49(37-26-23-35-25-28-41-39-18-8-7-15-34(39)24-29-42(41)44(35)31-37)38-27-30-48-45(32-38)43-20-10-12-22-47(43)50(48)36-16-5-2-6-17-36;1-2-12-32(13-3-1)37-16-6-7-17-39(37)42-18-8-10-20-46(42)49(36-26-29-48-45(31-36)43-19-9-11-21-47(43)50-48)35-25-22-34-24-27-40-38-15-5-4-14-33(38)23-28-41(40)44(34)30-35;1-45(2)41-13-7-5-11-36(41)37-23-19-32(27-42(37)45)46(31-20-24-44-40(26-31)38-12-6-8-14-43(38)47-44)30-18-15-29-17-21-34-33-10-4-3-9-28(33)16-22-35(34)39(29)25-30/h1-32H;1-31H;3-27H,1-2H3. The molecule has 0 fully saturated rings. The molecule has 0 atom stereocenters. The van der Waals surface area contributed by atoms with E-state index in [-0.39, 0.29) is 5.41 Å². The Morgan fingerprint density at radius 1 is 0.170 bits per heavy atom. The summed E-state index contributed by atoms with van der Waals surface area (Å²) < 4.78 is 14.9. The van der Waals surface area contributed by atoms with Gasteiger partial charge in [-0.05, 0) is 287 Å². The summed E-state index contributed by atoms with van der Waals surface area (Å²) in [5.41, 5.74) is 29.5. The number of furan rings is 2. The maximum Gasteiger partial charge on any atom is 0.135 e. The molecule has 3 aromatic heterocycles. The number of fused-ring (bicyclic) bond motifs is 27. The van der Waals surface area contributed by atoms with Crippen LogP contribution in [0.2, 0.25) is 0 Å². The molecule has 0 spiro atoms. The number of benzene rings is 26. The molecule has 3 heterocycles. The zero-order chi connectivity index (χ0) is 97.3. The van der Waals surface area contributed by atoms with Crippen molar-refractivity contribution >= 4 is 214 Å². The minimum atomic E-state index is -0.0982. The maximum atomic E-state index is 6.28. The zero-order valence-electron chi connectivity index (χ0n) is 80.9. The normalized spacial score (nSPS) is 12.2. The number of anilines is 9. The Morgan fingerprint density at radius 2 is 0.476 bits per heavy atom. The highest BCUT2D eigenvalue weighted by molar-refractivity contribution is 6.22. The van der Waals surface area contributed by atoms with Crippen LogP contribution in [0.15, 0.2) is 543 Å². The number of aromatic nitrogens is 1. The van der Waals surface area contributed by atoms with E-state index in [2.05, 4.69) is 543 Å². The van der Waals surface area contributed by atoms with Crippen LogP contribution in [0, 0.1) is 0 Å². The van der Waals surface area contributed by atoms with Crippen LogP contribution in [0.4, 0.5) is 51.2 Å². The Hall–Kier alpha value is -19.1. The van der Waals surface area contributed by atoms with E-state index < -0.39 is 0 Å². The van der Waals surface area contributed by atoms with Crippen LogP contribution in [-0.2, 0) is 5.41 Å². The van der Waals surface area contributed by atoms with Crippen LogP contribution < -0.4 is 14.7 Å². The lowest BCUT2D eigenvalue weighted by molar-refractivity contribution is 0.660. The number of para-hydroxylation sites is 6. The second-order valence-electron chi connectivity index (χ2n) is 39.2. The summed E-state index contributed by atoms with van der Waals surface area (Å²) in [5, 5.41) is 29.6. The topological polar surface area (TPSA) is 40.9 Å². The van der Waals surface area contributed by atoms with Crippen molar-refractivity contribution in [1.29, 1.82) is 0 Å². The summed E-state index contributed by atoms with van der Waals surface area (Å²) in [6.07, 6.45) is 0. The fourth-order valence-electron chi connectivity index (χ4n) is 23.6. The molecule has 0 bridgehead atoms. The Balaban J connectivity index is 0.000000107. The lowest BCUT2D eigenvalue weighted by Gasteiger charge is -2.29. The lowest BCUT2D eigenvalue weighted by atomic mass is 9.82. The Bertz CT molecular complexity index is 10300. The monoisotopic (exact) mass is 1870 g/mol. The van der Waals surface area contributed by atoms with E-state index in [9.17, 15) is 0 Å². The Kier molecular flexibility index (Phi) is 20.6. The molecule has 690 valence electrons. The van der Waals surface area contributed by atoms with Crippen LogP contribution in [-0.4, -0.2) is 4.57 Å². The van der Waals surface area contributed by atoms with Gasteiger partial charge < -0.3 is 28.1 Å². The van der Waals surface area contributed by atoms with Gasteiger partial charge in [0.25, 0.3) is 0 Å². The third kappa shape index (κ3) is 14.6. The molecule has 26 aromatic carbocycles. The third-order valence-corrected chi connectivity index (χ3v) is 30.6. The van der Waals surface area contributed by atoms with Crippen LogP contribution >= 0.6 is 0 Å². The number of hydrogen-bond acceptors (Lipinski definition) is 5. The fourth-order valence-corrected chi connectivity index (χ4v) is 23.6. The fraction of sp³-hybridized carbons (Fsp3) is 0.0213. The van der Waals surface area contributed by atoms with Crippen LogP contribution in [0.1, 0.15) is 25.0 Å². The number of rotatable bonds is 13. The quantitative estimate of drug-likeness (QED) is 0.108. The molecule has 0 radical (unpaired) electrons. The van der Waals surface area contributed by atoms with E-state index in [0.29, 0.717) is 0 Å². The van der Waals surface area contributed by atoms with Crippen LogP contribution in [0.25, 0.3) is 213 Å². The summed E-state index contributed by atoms with van der Waals surface area (Å²) in [4.78, 5) is 7.27. The van der Waals surface area contributed by atoms with Gasteiger partial charge in [0.2, 0.25) is 0 Å². The third-order valence-electron chi connectivity index (χ3n) is 30.6. The van der Waals surface area contributed by atoms with Crippen molar-refractivity contribution in [2.24, 2.45) is 0 Å². The van der Waals surface area contributed by atoms with Gasteiger partial charge >= 0.3 is 0 Å². The molecular weight excluding hydrogens is 1780 g/mol. The van der Waals surface area contributed by atoms with E-state index in [1.54, 1.807) is 0 Å². The van der Waals surface area contributed by atoms with Crippen molar-refractivity contribution in [2.75, 3.05) is 14.7 Å². The van der Waals surface area contributed by atoms with Gasteiger partial charge in [-0.2, -0.15) is 0 Å². The molecule has 0 saturated heterocycles. The molecule has 30 rings (SSSR count).